The first-order valence-electron chi connectivity index (χ1n) is 12.6. The van der Waals surface area contributed by atoms with E-state index in [1.54, 1.807) is 0 Å². The molecule has 2 aliphatic heterocycles. The molecule has 2 aliphatic rings. The number of aliphatic hydroxyl groups excluding tert-OH is 5. The van der Waals surface area contributed by atoms with Gasteiger partial charge >= 0.3 is 21.3 Å². The van der Waals surface area contributed by atoms with Gasteiger partial charge in [0.05, 0.1) is 26.4 Å². The zero-order valence-corrected chi connectivity index (χ0v) is 24.5. The molecule has 0 spiro atoms. The van der Waals surface area contributed by atoms with Crippen LogP contribution in [0.25, 0.3) is 0 Å². The van der Waals surface area contributed by atoms with Gasteiger partial charge in [-0.15, -0.1) is 0 Å². The fourth-order valence-electron chi connectivity index (χ4n) is 4.06. The molecule has 3 heterocycles. The van der Waals surface area contributed by atoms with Gasteiger partial charge in [-0.1, -0.05) is 0 Å². The third kappa shape index (κ3) is 9.53. The number of aromatic nitrogens is 2. The minimum absolute atomic E-state index is 0.00241. The molecule has 0 bridgehead atoms. The number of aromatic amines is 1. The number of nitrogens with zero attached hydrogens (tertiary/aromatic N) is 1. The van der Waals surface area contributed by atoms with Crippen LogP contribution in [0, 0.1) is 0 Å². The normalized spacial score (nSPS) is 33.4. The molecule has 22 nitrogen and oxygen atoms in total. The molecule has 3 rings (SSSR count). The average molecular weight is 681 g/mol. The van der Waals surface area contributed by atoms with Crippen molar-refractivity contribution in [2.45, 2.75) is 55.2 Å². The third-order valence-corrected chi connectivity index (χ3v) is 8.78. The summed E-state index contributed by atoms with van der Waals surface area (Å²) in [5, 5.41) is 52.7. The predicted octanol–water partition coefficient (Wildman–Crippen LogP) is -5.01. The van der Waals surface area contributed by atoms with E-state index in [-0.39, 0.29) is 13.2 Å². The monoisotopic (exact) mass is 681 g/mol. The Kier molecular flexibility index (Phi) is 12.9. The van der Waals surface area contributed by atoms with E-state index in [1.807, 2.05) is 4.98 Å². The minimum atomic E-state index is -5.71. The van der Waals surface area contributed by atoms with Crippen molar-refractivity contribution in [1.82, 2.24) is 14.9 Å². The summed E-state index contributed by atoms with van der Waals surface area (Å²) in [5.41, 5.74) is -1.77. The lowest BCUT2D eigenvalue weighted by molar-refractivity contribution is -0.248. The Balaban J connectivity index is 1.64. The third-order valence-electron chi connectivity index (χ3n) is 6.18. The van der Waals surface area contributed by atoms with Crippen LogP contribution in [0.15, 0.2) is 21.9 Å². The molecule has 1 aromatic heterocycles. The molecule has 7 unspecified atom stereocenters. The number of phosphoric acid groups is 2. The lowest BCUT2D eigenvalue weighted by Crippen LogP contribution is -2.64. The molecule has 0 radical (unpaired) electrons. The molecule has 2 fully saturated rings. The summed E-state index contributed by atoms with van der Waals surface area (Å²) >= 11 is 0. The highest BCUT2D eigenvalue weighted by atomic mass is 31.3. The molecule has 2 saturated heterocycles. The number of phosphoric ester groups is 2. The smallest absolute Gasteiger partial charge is 0.394 e. The summed E-state index contributed by atoms with van der Waals surface area (Å²) in [5.74, 6) is -0.915. The van der Waals surface area contributed by atoms with Crippen molar-refractivity contribution in [3.05, 3.63) is 33.1 Å². The Bertz CT molecular complexity index is 1330. The summed E-state index contributed by atoms with van der Waals surface area (Å²) in [6.07, 6.45) is -13.4. The van der Waals surface area contributed by atoms with Crippen LogP contribution in [0.4, 0.5) is 0 Å². The largest absolute Gasteiger partial charge is 0.483 e. The molecule has 44 heavy (non-hydrogen) atoms. The van der Waals surface area contributed by atoms with Crippen molar-refractivity contribution in [1.29, 1.82) is 0 Å². The van der Waals surface area contributed by atoms with Gasteiger partial charge in [-0.25, -0.2) is 13.9 Å². The first-order valence-corrected chi connectivity index (χ1v) is 15.6. The topological polar surface area (TPSA) is 324 Å². The van der Waals surface area contributed by atoms with Crippen molar-refractivity contribution in [2.24, 2.45) is 0 Å². The second-order valence-corrected chi connectivity index (χ2v) is 12.3. The molecule has 0 aliphatic carbocycles. The number of carbonyl (C=O) groups is 1. The Morgan fingerprint density at radius 1 is 1.02 bits per heavy atom. The second-order valence-electron chi connectivity index (χ2n) is 9.33. The number of rotatable bonds is 15. The highest BCUT2D eigenvalue weighted by Crippen LogP contribution is 2.61. The molecule has 24 heteroatoms. The number of hydrogen-bond donors (Lipinski definition) is 9. The van der Waals surface area contributed by atoms with Gasteiger partial charge in [-0.3, -0.25) is 28.2 Å². The Morgan fingerprint density at radius 2 is 1.70 bits per heavy atom. The van der Waals surface area contributed by atoms with E-state index in [1.165, 1.54) is 7.11 Å². The fourth-order valence-corrected chi connectivity index (χ4v) is 6.22. The zero-order valence-electron chi connectivity index (χ0n) is 22.8. The van der Waals surface area contributed by atoms with Crippen LogP contribution in [0.1, 0.15) is 6.23 Å². The molecule has 0 aromatic carbocycles. The maximum atomic E-state index is 12.6. The lowest BCUT2D eigenvalue weighted by atomic mass is 9.97. The van der Waals surface area contributed by atoms with Crippen LogP contribution in [-0.2, 0) is 46.2 Å². The summed E-state index contributed by atoms with van der Waals surface area (Å²) in [6.45, 7) is -2.43. The van der Waals surface area contributed by atoms with Crippen LogP contribution < -0.4 is 16.6 Å². The summed E-state index contributed by atoms with van der Waals surface area (Å²) in [4.78, 5) is 57.6. The van der Waals surface area contributed by atoms with Gasteiger partial charge in [-0.05, 0) is 0 Å². The van der Waals surface area contributed by atoms with E-state index in [0.29, 0.717) is 0 Å². The number of ether oxygens (including phenoxy) is 4. The summed E-state index contributed by atoms with van der Waals surface area (Å²) in [7, 11) is -9.89. The van der Waals surface area contributed by atoms with Crippen LogP contribution >= 0.6 is 15.6 Å². The number of carbonyl (C=O) groups excluding carboxylic acids is 1. The molecule has 0 saturated carbocycles. The Hall–Kier alpha value is -1.95. The van der Waals surface area contributed by atoms with Crippen molar-refractivity contribution in [2.75, 3.05) is 40.1 Å². The number of methoxy groups -OCH3 is 1. The van der Waals surface area contributed by atoms with Gasteiger partial charge in [0.2, 0.25) is 5.91 Å². The van der Waals surface area contributed by atoms with Crippen molar-refractivity contribution in [3.8, 4) is 0 Å². The predicted molar refractivity (Wildman–Crippen MR) is 137 cm³/mol. The quantitative estimate of drug-likeness (QED) is 0.0618. The van der Waals surface area contributed by atoms with Crippen molar-refractivity contribution >= 4 is 21.6 Å². The second kappa shape index (κ2) is 15.6. The summed E-state index contributed by atoms with van der Waals surface area (Å²) < 4.78 is 59.6. The standard InChI is InChI=1S/C20H33N3O19P2/c1-36-4-5-37-8-12(26)21-13-16(29)14(27)9(6-24)40-19(13)41-44(34,35)42-43(32,33)38-7-10-15(28)17(30)18(39-10)23-3-2-11(25)22-20(23)31/h2-3,9-10,13-19,24,27-30H,4-8H2,1H3,(H,21,26)(H,32,33)(H,34,35)(H,22,25,31)/t9?,10?,13?,14?,15-,16-,17-,18?,19-/m1/s1. The first-order chi connectivity index (χ1) is 20.6. The van der Waals surface area contributed by atoms with Gasteiger partial charge < -0.3 is 59.6 Å². The molecule has 252 valence electrons. The number of H-pyrrole nitrogens is 1. The van der Waals surface area contributed by atoms with E-state index >= 15 is 0 Å². The maximum Gasteiger partial charge on any atom is 0.483 e. The molecular weight excluding hydrogens is 648 g/mol. The van der Waals surface area contributed by atoms with Gasteiger partial charge in [0.25, 0.3) is 5.56 Å². The Morgan fingerprint density at radius 3 is 2.34 bits per heavy atom. The molecule has 11 atom stereocenters. The number of hydrogen-bond acceptors (Lipinski definition) is 17. The van der Waals surface area contributed by atoms with Crippen molar-refractivity contribution in [3.63, 3.8) is 0 Å². The van der Waals surface area contributed by atoms with Gasteiger partial charge in [0.1, 0.15) is 49.3 Å². The van der Waals surface area contributed by atoms with Crippen LogP contribution in [-0.4, -0.2) is 140 Å². The molecule has 1 amide bonds. The number of nitrogens with one attached hydrogen (secondary N) is 2. The zero-order chi connectivity index (χ0) is 32.8. The van der Waals surface area contributed by atoms with Gasteiger partial charge in [0, 0.05) is 19.4 Å². The average Bonchev–Trinajstić information content (AvgIpc) is 3.22. The summed E-state index contributed by atoms with van der Waals surface area (Å²) in [6, 6.07) is -0.876. The number of amides is 1. The first kappa shape index (κ1) is 36.5. The highest BCUT2D eigenvalue weighted by molar-refractivity contribution is 7.61. The van der Waals surface area contributed by atoms with Crippen LogP contribution in [0.2, 0.25) is 0 Å². The molecule has 1 aromatic rings. The fraction of sp³-hybridized carbons (Fsp3) is 0.750. The minimum Gasteiger partial charge on any atom is -0.394 e. The van der Waals surface area contributed by atoms with Crippen molar-refractivity contribution < 1.29 is 81.5 Å². The molecular formula is C20H33N3O19P2. The number of aliphatic hydroxyl groups is 5. The van der Waals surface area contributed by atoms with E-state index < -0.39 is 108 Å². The Labute approximate surface area is 246 Å². The van der Waals surface area contributed by atoms with Gasteiger partial charge in [-0.2, -0.15) is 4.31 Å². The van der Waals surface area contributed by atoms with Crippen LogP contribution in [0.5, 0.6) is 0 Å². The lowest BCUT2D eigenvalue weighted by Gasteiger charge is -2.42. The molecule has 9 N–H and O–H groups in total. The van der Waals surface area contributed by atoms with E-state index in [4.69, 9.17) is 23.5 Å². The SMILES string of the molecule is COCCOCC(=O)NC1[C@@H](OP(=O)(O)OP(=O)(O)OCC2OC(n3ccc(=O)[nH]c3=O)[C@H](O)[C@@H]2O)OC(CO)C(O)[C@@H]1O. The van der Waals surface area contributed by atoms with Gasteiger partial charge in [0.15, 0.2) is 12.5 Å². The maximum absolute atomic E-state index is 12.6. The van der Waals surface area contributed by atoms with E-state index in [9.17, 15) is 58.8 Å². The van der Waals surface area contributed by atoms with E-state index in [0.717, 1.165) is 16.8 Å². The van der Waals surface area contributed by atoms with Crippen LogP contribution in [0.3, 0.4) is 0 Å². The highest BCUT2D eigenvalue weighted by Gasteiger charge is 2.50. The van der Waals surface area contributed by atoms with E-state index in [2.05, 4.69) is 14.2 Å².